The molecule has 0 saturated heterocycles. The van der Waals surface area contributed by atoms with Crippen molar-refractivity contribution in [3.8, 4) is 67.8 Å². The first kappa shape index (κ1) is 35.5. The molecule has 0 bridgehead atoms. The van der Waals surface area contributed by atoms with Crippen LogP contribution in [-0.4, -0.2) is 24.1 Å². The summed E-state index contributed by atoms with van der Waals surface area (Å²) in [4.78, 5) is 15.5. The lowest BCUT2D eigenvalue weighted by Gasteiger charge is -2.16. The second kappa shape index (κ2) is 14.7. The van der Waals surface area contributed by atoms with E-state index in [1.807, 2.05) is 18.2 Å². The number of aromatic nitrogens is 5. The van der Waals surface area contributed by atoms with Gasteiger partial charge < -0.3 is 9.13 Å². The molecule has 12 aromatic rings. The van der Waals surface area contributed by atoms with Crippen molar-refractivity contribution in [3.63, 3.8) is 0 Å². The Labute approximate surface area is 358 Å². The number of hydrogen-bond donors (Lipinski definition) is 0. The second-order valence-electron chi connectivity index (χ2n) is 15.6. The van der Waals surface area contributed by atoms with E-state index in [0.29, 0.717) is 17.5 Å². The number of para-hydroxylation sites is 5. The van der Waals surface area contributed by atoms with Gasteiger partial charge in [0.25, 0.3) is 0 Å². The van der Waals surface area contributed by atoms with E-state index in [1.165, 1.54) is 32.6 Å². The molecule has 3 aromatic heterocycles. The van der Waals surface area contributed by atoms with E-state index in [9.17, 15) is 0 Å². The number of rotatable bonds is 7. The predicted octanol–water partition coefficient (Wildman–Crippen LogP) is 14.4. The summed E-state index contributed by atoms with van der Waals surface area (Å²) in [5.41, 5.74) is 14.1. The maximum atomic E-state index is 5.22. The molecule has 0 N–H and O–H groups in total. The smallest absolute Gasteiger partial charge is 0.164 e. The molecule has 0 unspecified atom stereocenters. The number of benzene rings is 9. The van der Waals surface area contributed by atoms with Crippen LogP contribution in [0.1, 0.15) is 0 Å². The third kappa shape index (κ3) is 5.90. The van der Waals surface area contributed by atoms with Crippen LogP contribution in [0.25, 0.3) is 111 Å². The van der Waals surface area contributed by atoms with Gasteiger partial charge in [0.15, 0.2) is 17.5 Å². The van der Waals surface area contributed by atoms with E-state index in [1.54, 1.807) is 0 Å². The average Bonchev–Trinajstić information content (AvgIpc) is 3.87. The monoisotopic (exact) mass is 791 g/mol. The van der Waals surface area contributed by atoms with E-state index < -0.39 is 0 Å². The summed E-state index contributed by atoms with van der Waals surface area (Å²) >= 11 is 0. The van der Waals surface area contributed by atoms with E-state index >= 15 is 0 Å². The number of hydrogen-bond acceptors (Lipinski definition) is 3. The SMILES string of the molecule is c1ccc(-c2nc(-c3ccc(-c4ccccc4-n4c5ccccc5c5ccccc54)cc3)nc(-c3ccc(-n4c5ccccc5c5ccccc54)c(-c4ccccc4)c3)n2)cc1. The molecule has 9 aromatic carbocycles. The number of nitrogens with zero attached hydrogens (tertiary/aromatic N) is 5. The largest absolute Gasteiger partial charge is 0.309 e. The Hall–Kier alpha value is -8.41. The summed E-state index contributed by atoms with van der Waals surface area (Å²) in [6, 6.07) is 79.2. The Kier molecular flexibility index (Phi) is 8.42. The molecule has 0 fully saturated rings. The maximum absolute atomic E-state index is 5.22. The van der Waals surface area contributed by atoms with E-state index in [-0.39, 0.29) is 0 Å². The highest BCUT2D eigenvalue weighted by Gasteiger charge is 2.20. The molecule has 12 rings (SSSR count). The lowest BCUT2D eigenvalue weighted by atomic mass is 9.99. The van der Waals surface area contributed by atoms with Crippen LogP contribution in [0.3, 0.4) is 0 Å². The first-order valence-electron chi connectivity index (χ1n) is 21.0. The molecule has 0 amide bonds. The summed E-state index contributed by atoms with van der Waals surface area (Å²) in [6.45, 7) is 0. The molecule has 0 aliphatic carbocycles. The molecule has 5 heteroatoms. The molecule has 0 aliphatic rings. The van der Waals surface area contributed by atoms with Crippen LogP contribution in [0.2, 0.25) is 0 Å². The van der Waals surface area contributed by atoms with Gasteiger partial charge in [0.2, 0.25) is 0 Å². The first-order chi connectivity index (χ1) is 30.8. The van der Waals surface area contributed by atoms with E-state index in [0.717, 1.165) is 61.4 Å². The highest BCUT2D eigenvalue weighted by atomic mass is 15.0. The molecule has 3 heterocycles. The zero-order valence-electron chi connectivity index (χ0n) is 33.6. The van der Waals surface area contributed by atoms with E-state index in [4.69, 9.17) is 15.0 Å². The van der Waals surface area contributed by atoms with Gasteiger partial charge in [-0.15, -0.1) is 0 Å². The van der Waals surface area contributed by atoms with E-state index in [2.05, 4.69) is 215 Å². The van der Waals surface area contributed by atoms with Gasteiger partial charge in [0.1, 0.15) is 0 Å². The fourth-order valence-electron chi connectivity index (χ4n) is 9.15. The Balaban J connectivity index is 0.997. The van der Waals surface area contributed by atoms with Gasteiger partial charge in [-0.25, -0.2) is 15.0 Å². The van der Waals surface area contributed by atoms with Gasteiger partial charge in [-0.1, -0.05) is 176 Å². The Morgan fingerprint density at radius 1 is 0.242 bits per heavy atom. The Morgan fingerprint density at radius 2 is 0.581 bits per heavy atom. The Morgan fingerprint density at radius 3 is 1.10 bits per heavy atom. The van der Waals surface area contributed by atoms with Crippen molar-refractivity contribution in [2.24, 2.45) is 0 Å². The molecule has 0 radical (unpaired) electrons. The van der Waals surface area contributed by atoms with Gasteiger partial charge in [-0.05, 0) is 59.7 Å². The summed E-state index contributed by atoms with van der Waals surface area (Å²) in [7, 11) is 0. The molecule has 5 nitrogen and oxygen atoms in total. The normalized spacial score (nSPS) is 11.5. The third-order valence-electron chi connectivity index (χ3n) is 12.0. The summed E-state index contributed by atoms with van der Waals surface area (Å²) in [5.74, 6) is 1.85. The molecule has 290 valence electrons. The minimum Gasteiger partial charge on any atom is -0.309 e. The zero-order valence-corrected chi connectivity index (χ0v) is 33.6. The second-order valence-corrected chi connectivity index (χ2v) is 15.6. The van der Waals surface area contributed by atoms with Crippen molar-refractivity contribution in [1.29, 1.82) is 0 Å². The highest BCUT2D eigenvalue weighted by molar-refractivity contribution is 6.11. The van der Waals surface area contributed by atoms with Gasteiger partial charge in [0, 0.05) is 49.4 Å². The molecule has 0 saturated carbocycles. The van der Waals surface area contributed by atoms with Crippen LogP contribution in [0.15, 0.2) is 224 Å². The van der Waals surface area contributed by atoms with Gasteiger partial charge in [-0.2, -0.15) is 0 Å². The molecule has 0 aliphatic heterocycles. The van der Waals surface area contributed by atoms with Crippen molar-refractivity contribution in [3.05, 3.63) is 224 Å². The van der Waals surface area contributed by atoms with Gasteiger partial charge >= 0.3 is 0 Å². The van der Waals surface area contributed by atoms with Crippen LogP contribution in [0.5, 0.6) is 0 Å². The molecule has 0 spiro atoms. The maximum Gasteiger partial charge on any atom is 0.164 e. The standard InChI is InChI=1S/C57H37N5/c1-3-17-38(18-4-1)48-37-42(35-36-54(48)62-52-29-15-10-24-46(52)47-25-11-16-30-53(47)62)57-59-55(40-19-5-2-6-20-40)58-56(60-57)41-33-31-39(32-34-41)43-21-7-12-26-49(43)61-50-27-13-8-22-44(50)45-23-9-14-28-51(45)61/h1-37H. The topological polar surface area (TPSA) is 48.5 Å². The Bertz CT molecular complexity index is 3520. The van der Waals surface area contributed by atoms with Crippen molar-refractivity contribution >= 4 is 43.6 Å². The lowest BCUT2D eigenvalue weighted by molar-refractivity contribution is 1.07. The quantitative estimate of drug-likeness (QED) is 0.162. The van der Waals surface area contributed by atoms with Gasteiger partial charge in [0.05, 0.1) is 33.4 Å². The van der Waals surface area contributed by atoms with Crippen molar-refractivity contribution < 1.29 is 0 Å². The lowest BCUT2D eigenvalue weighted by Crippen LogP contribution is -2.02. The third-order valence-corrected chi connectivity index (χ3v) is 12.0. The van der Waals surface area contributed by atoms with Crippen molar-refractivity contribution in [2.75, 3.05) is 0 Å². The van der Waals surface area contributed by atoms with Crippen LogP contribution < -0.4 is 0 Å². The highest BCUT2D eigenvalue weighted by Crippen LogP contribution is 2.39. The molecule has 0 atom stereocenters. The van der Waals surface area contributed by atoms with Crippen LogP contribution in [0, 0.1) is 0 Å². The number of fused-ring (bicyclic) bond motifs is 6. The van der Waals surface area contributed by atoms with Crippen molar-refractivity contribution in [2.45, 2.75) is 0 Å². The van der Waals surface area contributed by atoms with Crippen LogP contribution >= 0.6 is 0 Å². The average molecular weight is 792 g/mol. The first-order valence-corrected chi connectivity index (χ1v) is 21.0. The predicted molar refractivity (Wildman–Crippen MR) is 256 cm³/mol. The van der Waals surface area contributed by atoms with Crippen LogP contribution in [-0.2, 0) is 0 Å². The minimum atomic E-state index is 0.612. The van der Waals surface area contributed by atoms with Gasteiger partial charge in [-0.3, -0.25) is 0 Å². The van der Waals surface area contributed by atoms with Crippen molar-refractivity contribution in [1.82, 2.24) is 24.1 Å². The fourth-order valence-corrected chi connectivity index (χ4v) is 9.15. The molecular formula is C57H37N5. The minimum absolute atomic E-state index is 0.612. The summed E-state index contributed by atoms with van der Waals surface area (Å²) < 4.78 is 4.76. The molecular weight excluding hydrogens is 755 g/mol. The fraction of sp³-hybridized carbons (Fsp3) is 0. The molecule has 62 heavy (non-hydrogen) atoms. The summed E-state index contributed by atoms with van der Waals surface area (Å²) in [5, 5.41) is 4.93. The summed E-state index contributed by atoms with van der Waals surface area (Å²) in [6.07, 6.45) is 0. The van der Waals surface area contributed by atoms with Crippen LogP contribution in [0.4, 0.5) is 0 Å². The zero-order chi connectivity index (χ0) is 41.0.